The molecule has 4 N–H and O–H groups in total. The molecule has 2 heterocycles. The van der Waals surface area contributed by atoms with Crippen LogP contribution in [-0.4, -0.2) is 40.7 Å². The lowest BCUT2D eigenvalue weighted by Gasteiger charge is -2.19. The summed E-state index contributed by atoms with van der Waals surface area (Å²) >= 11 is 0. The van der Waals surface area contributed by atoms with E-state index in [9.17, 15) is 14.6 Å². The Morgan fingerprint density at radius 3 is 2.84 bits per heavy atom. The van der Waals surface area contributed by atoms with E-state index in [1.165, 1.54) is 0 Å². The fourth-order valence-corrected chi connectivity index (χ4v) is 3.64. The first kappa shape index (κ1) is 20.9. The first-order valence-corrected chi connectivity index (χ1v) is 9.98. The number of aromatic amines is 1. The van der Waals surface area contributed by atoms with Gasteiger partial charge in [0.1, 0.15) is 0 Å². The Hall–Kier alpha value is -3.37. The maximum atomic E-state index is 12.6. The van der Waals surface area contributed by atoms with Gasteiger partial charge >= 0.3 is 13.2 Å². The van der Waals surface area contributed by atoms with Crippen LogP contribution in [0.3, 0.4) is 0 Å². The third-order valence-corrected chi connectivity index (χ3v) is 5.13. The number of aromatic nitrogens is 2. The molecule has 9 nitrogen and oxygen atoms in total. The zero-order chi connectivity index (χ0) is 22.2. The van der Waals surface area contributed by atoms with Crippen molar-refractivity contribution in [2.24, 2.45) is 0 Å². The number of carbonyl (C=O) groups excluding carboxylic acids is 2. The molecule has 0 fully saturated rings. The van der Waals surface area contributed by atoms with Gasteiger partial charge in [0.05, 0.1) is 23.2 Å². The van der Waals surface area contributed by atoms with E-state index in [-0.39, 0.29) is 18.5 Å². The second kappa shape index (κ2) is 8.05. The van der Waals surface area contributed by atoms with Crippen molar-refractivity contribution in [3.8, 4) is 0 Å². The van der Waals surface area contributed by atoms with Gasteiger partial charge in [0, 0.05) is 12.1 Å². The molecular formula is C21H23BN4O5. The maximum absolute atomic E-state index is 12.6. The van der Waals surface area contributed by atoms with Crippen LogP contribution in [0.1, 0.15) is 42.3 Å². The molecular weight excluding hydrogens is 399 g/mol. The number of rotatable bonds is 5. The van der Waals surface area contributed by atoms with Gasteiger partial charge in [-0.25, -0.2) is 9.78 Å². The minimum atomic E-state index is -0.971. The molecule has 0 radical (unpaired) electrons. The van der Waals surface area contributed by atoms with Crippen LogP contribution in [0.4, 0.5) is 10.7 Å². The summed E-state index contributed by atoms with van der Waals surface area (Å²) in [6.07, 6.45) is -0.604. The topological polar surface area (TPSA) is 126 Å². The Labute approximate surface area is 179 Å². The number of carbonyl (C=O) groups is 2. The Bertz CT molecular complexity index is 1160. The average Bonchev–Trinajstić information content (AvgIpc) is 3.22. The van der Waals surface area contributed by atoms with Gasteiger partial charge in [0.2, 0.25) is 5.95 Å². The Morgan fingerprint density at radius 2 is 2.06 bits per heavy atom. The molecule has 1 aliphatic heterocycles. The molecule has 1 aromatic heterocycles. The molecule has 0 unspecified atom stereocenters. The largest absolute Gasteiger partial charge is 0.492 e. The second-order valence-electron chi connectivity index (χ2n) is 7.75. The van der Waals surface area contributed by atoms with E-state index in [0.29, 0.717) is 23.1 Å². The third kappa shape index (κ3) is 4.26. The van der Waals surface area contributed by atoms with Crippen LogP contribution in [0.15, 0.2) is 36.4 Å². The predicted molar refractivity (Wildman–Crippen MR) is 116 cm³/mol. The molecule has 0 saturated heterocycles. The molecule has 10 heteroatoms. The number of hydrogen-bond acceptors (Lipinski definition) is 6. The highest BCUT2D eigenvalue weighted by molar-refractivity contribution is 6.62. The molecule has 0 spiro atoms. The van der Waals surface area contributed by atoms with Gasteiger partial charge in [0.15, 0.2) is 0 Å². The fraction of sp³-hybridized carbons (Fsp3) is 0.286. The summed E-state index contributed by atoms with van der Waals surface area (Å²) in [6.45, 7) is 6.08. The number of H-pyrrole nitrogens is 1. The molecule has 0 atom stereocenters. The summed E-state index contributed by atoms with van der Waals surface area (Å²) in [4.78, 5) is 31.3. The second-order valence-corrected chi connectivity index (χ2v) is 7.75. The summed E-state index contributed by atoms with van der Waals surface area (Å²) in [5.41, 5.74) is 3.64. The lowest BCUT2D eigenvalue weighted by atomic mass is 9.77. The SMILES string of the molecule is CCOC(=O)Nc1nc2ccc(C(=O)NCc3ccc4c(c3)B(O)OC4(C)C)cc2[nH]1. The highest BCUT2D eigenvalue weighted by Crippen LogP contribution is 2.29. The highest BCUT2D eigenvalue weighted by atomic mass is 16.5. The molecule has 0 saturated carbocycles. The first-order chi connectivity index (χ1) is 14.8. The fourth-order valence-electron chi connectivity index (χ4n) is 3.64. The van der Waals surface area contributed by atoms with Crippen molar-refractivity contribution in [2.45, 2.75) is 32.9 Å². The zero-order valence-electron chi connectivity index (χ0n) is 17.5. The number of nitrogens with zero attached hydrogens (tertiary/aromatic N) is 1. The molecule has 2 aromatic carbocycles. The monoisotopic (exact) mass is 422 g/mol. The number of hydrogen-bond donors (Lipinski definition) is 4. The summed E-state index contributed by atoms with van der Waals surface area (Å²) in [6, 6.07) is 10.7. The van der Waals surface area contributed by atoms with Gasteiger partial charge in [-0.05, 0) is 55.6 Å². The van der Waals surface area contributed by atoms with Gasteiger partial charge in [-0.15, -0.1) is 0 Å². The van der Waals surface area contributed by atoms with Crippen molar-refractivity contribution in [2.75, 3.05) is 11.9 Å². The summed E-state index contributed by atoms with van der Waals surface area (Å²) in [7, 11) is -0.971. The number of fused-ring (bicyclic) bond motifs is 2. The third-order valence-electron chi connectivity index (χ3n) is 5.13. The smallest absolute Gasteiger partial charge is 0.450 e. The van der Waals surface area contributed by atoms with Crippen LogP contribution in [0.5, 0.6) is 0 Å². The van der Waals surface area contributed by atoms with E-state index in [2.05, 4.69) is 20.6 Å². The Kier molecular flexibility index (Phi) is 5.42. The quantitative estimate of drug-likeness (QED) is 0.466. The van der Waals surface area contributed by atoms with Gasteiger partial charge in [-0.3, -0.25) is 10.1 Å². The number of amides is 2. The van der Waals surface area contributed by atoms with E-state index in [1.807, 2.05) is 32.0 Å². The molecule has 0 bridgehead atoms. The Morgan fingerprint density at radius 1 is 1.26 bits per heavy atom. The zero-order valence-corrected chi connectivity index (χ0v) is 17.5. The Balaban J connectivity index is 1.44. The van der Waals surface area contributed by atoms with Crippen LogP contribution < -0.4 is 16.1 Å². The molecule has 2 amide bonds. The van der Waals surface area contributed by atoms with Crippen molar-refractivity contribution < 1.29 is 24.0 Å². The van der Waals surface area contributed by atoms with Crippen LogP contribution in [-0.2, 0) is 21.5 Å². The molecule has 4 rings (SSSR count). The highest BCUT2D eigenvalue weighted by Gasteiger charge is 2.40. The van der Waals surface area contributed by atoms with E-state index in [4.69, 9.17) is 9.39 Å². The number of anilines is 1. The maximum Gasteiger partial charge on any atom is 0.492 e. The van der Waals surface area contributed by atoms with Crippen LogP contribution in [0.2, 0.25) is 0 Å². The van der Waals surface area contributed by atoms with Gasteiger partial charge < -0.3 is 24.7 Å². The lowest BCUT2D eigenvalue weighted by Crippen LogP contribution is -2.29. The number of ether oxygens (including phenoxy) is 1. The lowest BCUT2D eigenvalue weighted by molar-refractivity contribution is 0.0949. The minimum Gasteiger partial charge on any atom is -0.450 e. The van der Waals surface area contributed by atoms with E-state index in [1.54, 1.807) is 25.1 Å². The summed E-state index contributed by atoms with van der Waals surface area (Å²) in [5.74, 6) is -0.0121. The number of nitrogens with one attached hydrogen (secondary N) is 3. The molecule has 0 aliphatic carbocycles. The van der Waals surface area contributed by atoms with Crippen molar-refractivity contribution in [1.82, 2.24) is 15.3 Å². The number of benzene rings is 2. The molecule has 160 valence electrons. The van der Waals surface area contributed by atoms with Crippen molar-refractivity contribution in [3.05, 3.63) is 53.1 Å². The van der Waals surface area contributed by atoms with Gasteiger partial charge in [-0.1, -0.05) is 18.2 Å². The summed E-state index contributed by atoms with van der Waals surface area (Å²) in [5, 5.41) is 15.5. The van der Waals surface area contributed by atoms with E-state index < -0.39 is 18.8 Å². The van der Waals surface area contributed by atoms with Crippen LogP contribution in [0.25, 0.3) is 11.0 Å². The van der Waals surface area contributed by atoms with Crippen molar-refractivity contribution >= 4 is 41.6 Å². The summed E-state index contributed by atoms with van der Waals surface area (Å²) < 4.78 is 10.4. The van der Waals surface area contributed by atoms with Crippen LogP contribution >= 0.6 is 0 Å². The average molecular weight is 422 g/mol. The number of imidazole rings is 1. The van der Waals surface area contributed by atoms with Crippen molar-refractivity contribution in [1.29, 1.82) is 0 Å². The van der Waals surface area contributed by atoms with Gasteiger partial charge in [-0.2, -0.15) is 0 Å². The molecule has 3 aromatic rings. The van der Waals surface area contributed by atoms with E-state index >= 15 is 0 Å². The van der Waals surface area contributed by atoms with Crippen LogP contribution in [0, 0.1) is 0 Å². The molecule has 31 heavy (non-hydrogen) atoms. The first-order valence-electron chi connectivity index (χ1n) is 9.98. The van der Waals surface area contributed by atoms with Gasteiger partial charge in [0.25, 0.3) is 5.91 Å². The normalized spacial score (nSPS) is 14.4. The van der Waals surface area contributed by atoms with Crippen molar-refractivity contribution in [3.63, 3.8) is 0 Å². The minimum absolute atomic E-state index is 0.243. The predicted octanol–water partition coefficient (Wildman–Crippen LogP) is 2.01. The molecule has 1 aliphatic rings. The standard InChI is InChI=1S/C21H23BN4O5/c1-4-30-20(28)26-19-24-16-8-6-13(10-17(16)25-19)18(27)23-11-12-5-7-14-15(9-12)22(29)31-21(14,2)3/h5-10,29H,4,11H2,1-3H3,(H,23,27)(H2,24,25,26,28). The van der Waals surface area contributed by atoms with E-state index in [0.717, 1.165) is 16.6 Å².